The lowest BCUT2D eigenvalue weighted by atomic mass is 10.2. The molecule has 0 unspecified atom stereocenters. The molecule has 2 heterocycles. The number of nitrogens with zero attached hydrogens (tertiary/aromatic N) is 1. The quantitative estimate of drug-likeness (QED) is 0.690. The van der Waals surface area contributed by atoms with Crippen molar-refractivity contribution < 1.29 is 23.1 Å². The SMILES string of the molecule is N#Cc1ccsc1NC(=O)COC(=O)c1ccc(-c2ccc(F)cc2)o1. The van der Waals surface area contributed by atoms with Crippen LogP contribution < -0.4 is 5.32 Å². The summed E-state index contributed by atoms with van der Waals surface area (Å²) >= 11 is 1.19. The van der Waals surface area contributed by atoms with Gasteiger partial charge in [0.2, 0.25) is 5.76 Å². The van der Waals surface area contributed by atoms with Crippen molar-refractivity contribution in [3.05, 3.63) is 65.0 Å². The predicted octanol–water partition coefficient (Wildman–Crippen LogP) is 3.81. The van der Waals surface area contributed by atoms with Gasteiger partial charge in [-0.3, -0.25) is 4.79 Å². The average Bonchev–Trinajstić information content (AvgIpc) is 3.29. The highest BCUT2D eigenvalue weighted by molar-refractivity contribution is 7.14. The summed E-state index contributed by atoms with van der Waals surface area (Å²) in [4.78, 5) is 23.8. The molecule has 0 fully saturated rings. The molecular weight excluding hydrogens is 359 g/mol. The number of furan rings is 1. The molecule has 0 bridgehead atoms. The number of carbonyl (C=O) groups excluding carboxylic acids is 2. The van der Waals surface area contributed by atoms with E-state index in [1.54, 1.807) is 17.5 Å². The van der Waals surface area contributed by atoms with Crippen LogP contribution in [0.15, 0.2) is 52.3 Å². The fourth-order valence-corrected chi connectivity index (χ4v) is 2.83. The highest BCUT2D eigenvalue weighted by Crippen LogP contribution is 2.23. The second-order valence-electron chi connectivity index (χ2n) is 5.07. The standard InChI is InChI=1S/C18H11FN2O4S/c19-13-3-1-11(2-4-13)14-5-6-15(25-14)18(23)24-10-16(22)21-17-12(9-20)7-8-26-17/h1-8H,10H2,(H,21,22). The first-order valence-electron chi connectivity index (χ1n) is 7.37. The lowest BCUT2D eigenvalue weighted by Gasteiger charge is -2.04. The van der Waals surface area contributed by atoms with E-state index in [0.29, 0.717) is 21.9 Å². The highest BCUT2D eigenvalue weighted by atomic mass is 32.1. The smallest absolute Gasteiger partial charge is 0.374 e. The molecule has 130 valence electrons. The van der Waals surface area contributed by atoms with Crippen LogP contribution in [0.2, 0.25) is 0 Å². The molecule has 0 radical (unpaired) electrons. The van der Waals surface area contributed by atoms with E-state index in [4.69, 9.17) is 14.4 Å². The van der Waals surface area contributed by atoms with Gasteiger partial charge >= 0.3 is 5.97 Å². The maximum atomic E-state index is 12.9. The minimum atomic E-state index is -0.805. The molecule has 6 nitrogen and oxygen atoms in total. The summed E-state index contributed by atoms with van der Waals surface area (Å²) in [6.07, 6.45) is 0. The molecule has 0 aliphatic rings. The highest BCUT2D eigenvalue weighted by Gasteiger charge is 2.16. The molecule has 0 spiro atoms. The number of rotatable bonds is 5. The first kappa shape index (κ1) is 17.4. The summed E-state index contributed by atoms with van der Waals surface area (Å²) in [5.41, 5.74) is 0.939. The molecule has 0 saturated heterocycles. The van der Waals surface area contributed by atoms with Crippen molar-refractivity contribution in [1.29, 1.82) is 5.26 Å². The number of ether oxygens (including phenoxy) is 1. The molecule has 8 heteroatoms. The monoisotopic (exact) mass is 370 g/mol. The van der Waals surface area contributed by atoms with Gasteiger partial charge in [0.25, 0.3) is 5.91 Å². The van der Waals surface area contributed by atoms with E-state index in [0.717, 1.165) is 0 Å². The molecule has 2 aromatic heterocycles. The summed E-state index contributed by atoms with van der Waals surface area (Å²) in [5, 5.41) is 13.4. The second-order valence-corrected chi connectivity index (χ2v) is 5.99. The molecular formula is C18H11FN2O4S. The van der Waals surface area contributed by atoms with Crippen LogP contribution >= 0.6 is 11.3 Å². The Hall–Kier alpha value is -3.44. The zero-order valence-electron chi connectivity index (χ0n) is 13.2. The number of nitriles is 1. The maximum absolute atomic E-state index is 12.9. The van der Waals surface area contributed by atoms with E-state index in [1.807, 2.05) is 6.07 Å². The number of esters is 1. The van der Waals surface area contributed by atoms with Gasteiger partial charge in [-0.05, 0) is 47.8 Å². The lowest BCUT2D eigenvalue weighted by molar-refractivity contribution is -0.119. The predicted molar refractivity (Wildman–Crippen MR) is 92.0 cm³/mol. The Morgan fingerprint density at radius 3 is 2.69 bits per heavy atom. The molecule has 0 aliphatic carbocycles. The average molecular weight is 370 g/mol. The van der Waals surface area contributed by atoms with E-state index in [-0.39, 0.29) is 11.6 Å². The van der Waals surface area contributed by atoms with Crippen molar-refractivity contribution in [3.8, 4) is 17.4 Å². The minimum absolute atomic E-state index is 0.0778. The third-order valence-electron chi connectivity index (χ3n) is 3.31. The number of hydrogen-bond acceptors (Lipinski definition) is 6. The van der Waals surface area contributed by atoms with Gasteiger partial charge in [0.15, 0.2) is 6.61 Å². The normalized spacial score (nSPS) is 10.2. The zero-order chi connectivity index (χ0) is 18.5. The molecule has 0 saturated carbocycles. The van der Waals surface area contributed by atoms with Gasteiger partial charge in [-0.25, -0.2) is 9.18 Å². The number of halogens is 1. The summed E-state index contributed by atoms with van der Waals surface area (Å²) < 4.78 is 23.2. The second kappa shape index (κ2) is 7.63. The Bertz CT molecular complexity index is 985. The van der Waals surface area contributed by atoms with Crippen molar-refractivity contribution in [2.24, 2.45) is 0 Å². The Balaban J connectivity index is 1.58. The van der Waals surface area contributed by atoms with Crippen LogP contribution in [-0.4, -0.2) is 18.5 Å². The van der Waals surface area contributed by atoms with Crippen LogP contribution in [-0.2, 0) is 9.53 Å². The van der Waals surface area contributed by atoms with E-state index in [1.165, 1.54) is 41.7 Å². The van der Waals surface area contributed by atoms with Crippen LogP contribution in [0, 0.1) is 17.1 Å². The molecule has 1 amide bonds. The van der Waals surface area contributed by atoms with Gasteiger partial charge < -0.3 is 14.5 Å². The van der Waals surface area contributed by atoms with Crippen molar-refractivity contribution in [2.75, 3.05) is 11.9 Å². The van der Waals surface area contributed by atoms with E-state index < -0.39 is 18.5 Å². The fraction of sp³-hybridized carbons (Fsp3) is 0.0556. The number of carbonyl (C=O) groups is 2. The van der Waals surface area contributed by atoms with Gasteiger partial charge in [0.05, 0.1) is 5.56 Å². The Morgan fingerprint density at radius 1 is 1.19 bits per heavy atom. The Kier molecular flexibility index (Phi) is 5.10. The van der Waals surface area contributed by atoms with Gasteiger partial charge in [0.1, 0.15) is 22.6 Å². The number of hydrogen-bond donors (Lipinski definition) is 1. The van der Waals surface area contributed by atoms with Crippen LogP contribution in [0.4, 0.5) is 9.39 Å². The van der Waals surface area contributed by atoms with Gasteiger partial charge in [-0.15, -0.1) is 11.3 Å². The number of nitrogens with one attached hydrogen (secondary N) is 1. The van der Waals surface area contributed by atoms with E-state index in [9.17, 15) is 14.0 Å². The molecule has 3 rings (SSSR count). The van der Waals surface area contributed by atoms with Crippen LogP contribution in [0.1, 0.15) is 16.1 Å². The fourth-order valence-electron chi connectivity index (χ4n) is 2.08. The molecule has 1 aromatic carbocycles. The largest absolute Gasteiger partial charge is 0.450 e. The van der Waals surface area contributed by atoms with E-state index >= 15 is 0 Å². The zero-order valence-corrected chi connectivity index (χ0v) is 14.0. The number of benzene rings is 1. The molecule has 3 aromatic rings. The molecule has 26 heavy (non-hydrogen) atoms. The topological polar surface area (TPSA) is 92.3 Å². The third-order valence-corrected chi connectivity index (χ3v) is 4.14. The molecule has 1 N–H and O–H groups in total. The number of amides is 1. The van der Waals surface area contributed by atoms with Crippen LogP contribution in [0.25, 0.3) is 11.3 Å². The van der Waals surface area contributed by atoms with Crippen molar-refractivity contribution in [3.63, 3.8) is 0 Å². The minimum Gasteiger partial charge on any atom is -0.450 e. The Labute approximate surface area is 151 Å². The van der Waals surface area contributed by atoms with E-state index in [2.05, 4.69) is 5.32 Å². The van der Waals surface area contributed by atoms with Gasteiger partial charge in [-0.2, -0.15) is 5.26 Å². The lowest BCUT2D eigenvalue weighted by Crippen LogP contribution is -2.20. The van der Waals surface area contributed by atoms with Crippen molar-refractivity contribution >= 4 is 28.2 Å². The van der Waals surface area contributed by atoms with Crippen LogP contribution in [0.3, 0.4) is 0 Å². The van der Waals surface area contributed by atoms with Crippen molar-refractivity contribution in [2.45, 2.75) is 0 Å². The van der Waals surface area contributed by atoms with Crippen molar-refractivity contribution in [1.82, 2.24) is 0 Å². The molecule has 0 aliphatic heterocycles. The van der Waals surface area contributed by atoms with Gasteiger partial charge in [-0.1, -0.05) is 0 Å². The van der Waals surface area contributed by atoms with Crippen LogP contribution in [0.5, 0.6) is 0 Å². The summed E-state index contributed by atoms with van der Waals surface area (Å²) in [6, 6.07) is 12.1. The summed E-state index contributed by atoms with van der Waals surface area (Å²) in [5.74, 6) is -1.45. The summed E-state index contributed by atoms with van der Waals surface area (Å²) in [6.45, 7) is -0.520. The first-order chi connectivity index (χ1) is 12.6. The van der Waals surface area contributed by atoms with Gasteiger partial charge in [0, 0.05) is 5.56 Å². The summed E-state index contributed by atoms with van der Waals surface area (Å²) in [7, 11) is 0. The molecule has 0 atom stereocenters. The number of anilines is 1. The third kappa shape index (κ3) is 3.96. The number of thiophene rings is 1. The first-order valence-corrected chi connectivity index (χ1v) is 8.25. The maximum Gasteiger partial charge on any atom is 0.374 e. The Morgan fingerprint density at radius 2 is 1.96 bits per heavy atom.